The zero-order chi connectivity index (χ0) is 20.8. The molecule has 0 aromatic carbocycles. The number of aliphatic carboxylic acids is 2. The van der Waals surface area contributed by atoms with Crippen molar-refractivity contribution in [2.45, 2.75) is 96.7 Å². The summed E-state index contributed by atoms with van der Waals surface area (Å²) in [5, 5.41) is 16.6. The van der Waals surface area contributed by atoms with Crippen molar-refractivity contribution in [1.82, 2.24) is 0 Å². The summed E-state index contributed by atoms with van der Waals surface area (Å²) in [4.78, 5) is 20.5. The minimum atomic E-state index is -4.94. The number of unbranched alkanes of at least 4 members (excludes halogenated alkanes) is 3. The van der Waals surface area contributed by atoms with Gasteiger partial charge >= 0.3 is 41.5 Å². The Labute approximate surface area is 186 Å². The predicted octanol–water partition coefficient (Wildman–Crippen LogP) is 1.33. The number of carboxylic acids is 2. The Balaban J connectivity index is -0.000000411. The second-order valence-corrected chi connectivity index (χ2v) is 8.49. The molecule has 0 fully saturated rings. The summed E-state index contributed by atoms with van der Waals surface area (Å²) in [7, 11) is -4.94. The topological polar surface area (TPSA) is 129 Å². The van der Waals surface area contributed by atoms with E-state index in [-0.39, 0.29) is 29.6 Å². The quantitative estimate of drug-likeness (QED) is 0.178. The van der Waals surface area contributed by atoms with Crippen molar-refractivity contribution in [2.24, 2.45) is 0 Å². The molecule has 0 bridgehead atoms. The van der Waals surface area contributed by atoms with Gasteiger partial charge in [0, 0.05) is 0 Å². The molecular weight excluding hydrogens is 383 g/mol. The van der Waals surface area contributed by atoms with Crippen molar-refractivity contribution < 1.29 is 62.3 Å². The van der Waals surface area contributed by atoms with Crippen LogP contribution in [0.5, 0.6) is 0 Å². The van der Waals surface area contributed by atoms with Gasteiger partial charge in [0.2, 0.25) is 4.75 Å². The van der Waals surface area contributed by atoms with Gasteiger partial charge in [0.05, 0.1) is 6.42 Å². The number of rotatable bonds is 13. The Bertz CT molecular complexity index is 502. The Hall–Kier alpha value is -0.150. The molecule has 7 nitrogen and oxygen atoms in total. The second kappa shape index (κ2) is 16.8. The van der Waals surface area contributed by atoms with Crippen LogP contribution < -0.4 is 29.6 Å². The summed E-state index contributed by atoms with van der Waals surface area (Å²) in [6.45, 7) is 7.49. The fraction of sp³-hybridized carbons (Fsp3) is 0.833. The molecule has 0 amide bonds. The summed E-state index contributed by atoms with van der Waals surface area (Å²) >= 11 is 0. The normalized spacial score (nSPS) is 13.1. The van der Waals surface area contributed by atoms with Crippen LogP contribution in [0, 0.1) is 5.92 Å². The number of carbonyl (C=O) groups is 2. The molecule has 0 aromatic rings. The molecular formula is C18H35NaO7S. The first-order chi connectivity index (χ1) is 12.0. The first-order valence-corrected chi connectivity index (χ1v) is 10.7. The van der Waals surface area contributed by atoms with Crippen LogP contribution in [0.2, 0.25) is 0 Å². The molecule has 3 N–H and O–H groups in total. The molecule has 0 aliphatic rings. The molecule has 0 aromatic heterocycles. The SMILES string of the molecule is CC(CC(=O)O)(C(=O)O)S(=O)(=O)O.CCCCCC[C-](CCC)CCC.[Na+]. The molecule has 9 heteroatoms. The van der Waals surface area contributed by atoms with Crippen LogP contribution in [-0.4, -0.2) is 39.9 Å². The maximum atomic E-state index is 10.5. The van der Waals surface area contributed by atoms with Gasteiger partial charge in [0.15, 0.2) is 0 Å². The maximum absolute atomic E-state index is 10.5. The first-order valence-electron chi connectivity index (χ1n) is 9.21. The molecule has 1 unspecified atom stereocenters. The van der Waals surface area contributed by atoms with E-state index in [9.17, 15) is 18.0 Å². The van der Waals surface area contributed by atoms with Crippen molar-refractivity contribution >= 4 is 22.1 Å². The van der Waals surface area contributed by atoms with Crippen molar-refractivity contribution in [1.29, 1.82) is 0 Å². The van der Waals surface area contributed by atoms with Gasteiger partial charge in [0.1, 0.15) is 0 Å². The summed E-state index contributed by atoms with van der Waals surface area (Å²) in [6.07, 6.45) is 11.3. The largest absolute Gasteiger partial charge is 1.00 e. The Morgan fingerprint density at radius 3 is 1.63 bits per heavy atom. The van der Waals surface area contributed by atoms with Gasteiger partial charge in [-0.1, -0.05) is 59.3 Å². The van der Waals surface area contributed by atoms with Crippen LogP contribution in [0.15, 0.2) is 0 Å². The molecule has 0 saturated carbocycles. The smallest absolute Gasteiger partial charge is 0.481 e. The standard InChI is InChI=1S/C13H27.C5H8O7S.Na/c1-4-7-8-9-12-13(10-5-2)11-6-3;1-5(4(8)9,2-3(6)7)13(10,11)12;/h4-12H2,1-3H3;2H2,1H3,(H,6,7)(H,8,9)(H,10,11,12);/q-1;;+1. The molecule has 0 rings (SSSR count). The molecule has 0 aliphatic heterocycles. The third kappa shape index (κ3) is 14.5. The van der Waals surface area contributed by atoms with Crippen molar-refractivity contribution in [3.8, 4) is 0 Å². The van der Waals surface area contributed by atoms with E-state index in [2.05, 4.69) is 20.8 Å². The fourth-order valence-corrected chi connectivity index (χ4v) is 2.98. The van der Waals surface area contributed by atoms with E-state index in [0.717, 1.165) is 0 Å². The van der Waals surface area contributed by atoms with Gasteiger partial charge in [0.25, 0.3) is 10.1 Å². The van der Waals surface area contributed by atoms with Crippen molar-refractivity contribution in [3.63, 3.8) is 0 Å². The zero-order valence-corrected chi connectivity index (χ0v) is 20.3. The van der Waals surface area contributed by atoms with Gasteiger partial charge in [-0.05, 0) is 6.92 Å². The monoisotopic (exact) mass is 418 g/mol. The molecule has 0 spiro atoms. The first kappa shape index (κ1) is 31.5. The molecule has 1 atom stereocenters. The van der Waals surface area contributed by atoms with Crippen molar-refractivity contribution in [2.75, 3.05) is 0 Å². The van der Waals surface area contributed by atoms with E-state index in [1.165, 1.54) is 57.8 Å². The summed E-state index contributed by atoms with van der Waals surface area (Å²) in [6, 6.07) is 0. The van der Waals surface area contributed by atoms with E-state index in [1.807, 2.05) is 5.92 Å². The zero-order valence-electron chi connectivity index (χ0n) is 17.5. The summed E-state index contributed by atoms with van der Waals surface area (Å²) in [5.41, 5.74) is 0. The predicted molar refractivity (Wildman–Crippen MR) is 102 cm³/mol. The molecule has 156 valence electrons. The minimum absolute atomic E-state index is 0. The number of carboxylic acid groups (broad SMARTS) is 2. The summed E-state index contributed by atoms with van der Waals surface area (Å²) in [5.74, 6) is -1.71. The maximum Gasteiger partial charge on any atom is 1.00 e. The van der Waals surface area contributed by atoms with Crippen LogP contribution in [0.3, 0.4) is 0 Å². The van der Waals surface area contributed by atoms with Gasteiger partial charge in [-0.2, -0.15) is 27.7 Å². The van der Waals surface area contributed by atoms with Gasteiger partial charge in [-0.25, -0.2) is 0 Å². The van der Waals surface area contributed by atoms with E-state index in [1.54, 1.807) is 0 Å². The van der Waals surface area contributed by atoms with Crippen LogP contribution in [-0.2, 0) is 19.7 Å². The summed E-state index contributed by atoms with van der Waals surface area (Å²) < 4.78 is 26.9. The molecule has 0 radical (unpaired) electrons. The van der Waals surface area contributed by atoms with Crippen LogP contribution in [0.25, 0.3) is 0 Å². The number of hydrogen-bond acceptors (Lipinski definition) is 4. The van der Waals surface area contributed by atoms with Gasteiger partial charge in [-0.3, -0.25) is 14.1 Å². The van der Waals surface area contributed by atoms with E-state index < -0.39 is 33.2 Å². The Morgan fingerprint density at radius 1 is 0.889 bits per heavy atom. The van der Waals surface area contributed by atoms with E-state index in [4.69, 9.17) is 14.8 Å². The third-order valence-electron chi connectivity index (χ3n) is 4.10. The van der Waals surface area contributed by atoms with Crippen molar-refractivity contribution in [3.05, 3.63) is 5.92 Å². The molecule has 0 saturated heterocycles. The van der Waals surface area contributed by atoms with Crippen LogP contribution in [0.1, 0.15) is 91.9 Å². The molecule has 0 aliphatic carbocycles. The van der Waals surface area contributed by atoms with Gasteiger partial charge in [-0.15, -0.1) is 0 Å². The fourth-order valence-electron chi connectivity index (χ4n) is 2.45. The van der Waals surface area contributed by atoms with Gasteiger partial charge < -0.3 is 16.1 Å². The second-order valence-electron chi connectivity index (χ2n) is 6.64. The van der Waals surface area contributed by atoms with E-state index in [0.29, 0.717) is 6.92 Å². The Kier molecular flexibility index (Phi) is 19.6. The minimum Gasteiger partial charge on any atom is -0.481 e. The average molecular weight is 419 g/mol. The van der Waals surface area contributed by atoms with Crippen LogP contribution >= 0.6 is 0 Å². The number of hydrogen-bond donors (Lipinski definition) is 3. The Morgan fingerprint density at radius 2 is 1.37 bits per heavy atom. The molecule has 0 heterocycles. The average Bonchev–Trinajstić information content (AvgIpc) is 2.50. The molecule has 27 heavy (non-hydrogen) atoms. The van der Waals surface area contributed by atoms with E-state index >= 15 is 0 Å². The third-order valence-corrected chi connectivity index (χ3v) is 5.56. The van der Waals surface area contributed by atoms with Crippen LogP contribution in [0.4, 0.5) is 0 Å².